The number of aromatic nitrogens is 4. The summed E-state index contributed by atoms with van der Waals surface area (Å²) in [6.45, 7) is 6.86. The zero-order valence-electron chi connectivity index (χ0n) is 11.3. The smallest absolute Gasteiger partial charge is 0.168 e. The van der Waals surface area contributed by atoms with Crippen LogP contribution < -0.4 is 5.32 Å². The van der Waals surface area contributed by atoms with Crippen LogP contribution in [-0.4, -0.2) is 39.5 Å². The minimum atomic E-state index is 0.184. The van der Waals surface area contributed by atoms with Crippen molar-refractivity contribution in [3.63, 3.8) is 0 Å². The highest BCUT2D eigenvalue weighted by atomic mass is 16.5. The van der Waals surface area contributed by atoms with Crippen molar-refractivity contribution in [1.82, 2.24) is 25.5 Å². The van der Waals surface area contributed by atoms with E-state index in [1.807, 2.05) is 4.68 Å². The molecule has 1 aliphatic rings. The number of ether oxygens (including phenoxy) is 1. The van der Waals surface area contributed by atoms with E-state index in [0.29, 0.717) is 0 Å². The van der Waals surface area contributed by atoms with Crippen molar-refractivity contribution in [3.8, 4) is 0 Å². The molecule has 2 atom stereocenters. The predicted octanol–water partition coefficient (Wildman–Crippen LogP) is 1.30. The third kappa shape index (κ3) is 3.49. The van der Waals surface area contributed by atoms with E-state index in [9.17, 15) is 0 Å². The third-order valence-electron chi connectivity index (χ3n) is 3.30. The molecule has 1 saturated heterocycles. The summed E-state index contributed by atoms with van der Waals surface area (Å²) in [5, 5.41) is 15.4. The van der Waals surface area contributed by atoms with Crippen molar-refractivity contribution < 1.29 is 4.74 Å². The number of hydrogen-bond acceptors (Lipinski definition) is 5. The molecular formula is C12H23N5O. The summed E-state index contributed by atoms with van der Waals surface area (Å²) in [4.78, 5) is 0. The molecule has 0 aromatic carbocycles. The lowest BCUT2D eigenvalue weighted by Gasteiger charge is -2.23. The summed E-state index contributed by atoms with van der Waals surface area (Å²) in [6.07, 6.45) is 4.90. The standard InChI is InChI=1S/C12H23N5O/c1-3-7-13-10(2)12-14-15-16-17(12)9-11-6-4-5-8-18-11/h10-11,13H,3-9H2,1-2H3. The van der Waals surface area contributed by atoms with E-state index in [1.165, 1.54) is 12.8 Å². The third-order valence-corrected chi connectivity index (χ3v) is 3.30. The Morgan fingerprint density at radius 1 is 1.50 bits per heavy atom. The second kappa shape index (κ2) is 6.80. The van der Waals surface area contributed by atoms with Crippen LogP contribution in [0.4, 0.5) is 0 Å². The molecule has 0 spiro atoms. The molecule has 6 heteroatoms. The summed E-state index contributed by atoms with van der Waals surface area (Å²) in [6, 6.07) is 0.184. The summed E-state index contributed by atoms with van der Waals surface area (Å²) in [5.41, 5.74) is 0. The lowest BCUT2D eigenvalue weighted by Crippen LogP contribution is -2.29. The van der Waals surface area contributed by atoms with Crippen LogP contribution in [0.3, 0.4) is 0 Å². The molecule has 6 nitrogen and oxygen atoms in total. The van der Waals surface area contributed by atoms with E-state index >= 15 is 0 Å². The number of nitrogens with zero attached hydrogens (tertiary/aromatic N) is 4. The van der Waals surface area contributed by atoms with E-state index < -0.39 is 0 Å². The Morgan fingerprint density at radius 2 is 2.39 bits per heavy atom. The lowest BCUT2D eigenvalue weighted by atomic mass is 10.1. The van der Waals surface area contributed by atoms with Crippen LogP contribution in [0.15, 0.2) is 0 Å². The molecule has 1 fully saturated rings. The van der Waals surface area contributed by atoms with E-state index in [4.69, 9.17) is 4.74 Å². The molecule has 2 heterocycles. The highest BCUT2D eigenvalue weighted by Crippen LogP contribution is 2.16. The highest BCUT2D eigenvalue weighted by molar-refractivity contribution is 4.90. The molecule has 1 aromatic rings. The molecule has 18 heavy (non-hydrogen) atoms. The molecular weight excluding hydrogens is 230 g/mol. The second-order valence-corrected chi connectivity index (χ2v) is 4.88. The van der Waals surface area contributed by atoms with Gasteiger partial charge in [0.15, 0.2) is 5.82 Å². The number of hydrogen-bond donors (Lipinski definition) is 1. The molecule has 1 aromatic heterocycles. The van der Waals surface area contributed by atoms with Crippen LogP contribution in [0.1, 0.15) is 51.4 Å². The summed E-state index contributed by atoms with van der Waals surface area (Å²) in [7, 11) is 0. The van der Waals surface area contributed by atoms with Crippen molar-refractivity contribution in [2.24, 2.45) is 0 Å². The monoisotopic (exact) mass is 253 g/mol. The first-order valence-corrected chi connectivity index (χ1v) is 6.92. The van der Waals surface area contributed by atoms with Crippen LogP contribution in [0.2, 0.25) is 0 Å². The highest BCUT2D eigenvalue weighted by Gasteiger charge is 2.19. The van der Waals surface area contributed by atoms with Crippen molar-refractivity contribution in [2.45, 2.75) is 58.2 Å². The maximum Gasteiger partial charge on any atom is 0.168 e. The lowest BCUT2D eigenvalue weighted by molar-refractivity contribution is 0.00297. The van der Waals surface area contributed by atoms with Gasteiger partial charge in [-0.05, 0) is 49.6 Å². The molecule has 1 aliphatic heterocycles. The quantitative estimate of drug-likeness (QED) is 0.828. The Hall–Kier alpha value is -1.01. The van der Waals surface area contributed by atoms with E-state index in [1.54, 1.807) is 0 Å². The topological polar surface area (TPSA) is 64.9 Å². The van der Waals surface area contributed by atoms with Gasteiger partial charge in [-0.3, -0.25) is 0 Å². The molecule has 0 bridgehead atoms. The average molecular weight is 253 g/mol. The first-order chi connectivity index (χ1) is 8.81. The maximum atomic E-state index is 5.73. The summed E-state index contributed by atoms with van der Waals surface area (Å²) >= 11 is 0. The van der Waals surface area contributed by atoms with E-state index in [2.05, 4.69) is 34.7 Å². The van der Waals surface area contributed by atoms with Gasteiger partial charge in [-0.25, -0.2) is 4.68 Å². The zero-order chi connectivity index (χ0) is 12.8. The Morgan fingerprint density at radius 3 is 3.11 bits per heavy atom. The largest absolute Gasteiger partial charge is 0.376 e. The molecule has 0 saturated carbocycles. The summed E-state index contributed by atoms with van der Waals surface area (Å²) in [5.74, 6) is 0.901. The van der Waals surface area contributed by atoms with Gasteiger partial charge < -0.3 is 10.1 Å². The number of rotatable bonds is 6. The van der Waals surface area contributed by atoms with Crippen LogP contribution in [0, 0.1) is 0 Å². The molecule has 102 valence electrons. The fourth-order valence-corrected chi connectivity index (χ4v) is 2.25. The first kappa shape index (κ1) is 13.4. The Balaban J connectivity index is 1.93. The van der Waals surface area contributed by atoms with Gasteiger partial charge in [-0.2, -0.15) is 0 Å². The Kier molecular flexibility index (Phi) is 5.07. The van der Waals surface area contributed by atoms with Gasteiger partial charge in [0, 0.05) is 6.61 Å². The Bertz CT molecular complexity index is 348. The fourth-order valence-electron chi connectivity index (χ4n) is 2.25. The predicted molar refractivity (Wildman–Crippen MR) is 68.1 cm³/mol. The van der Waals surface area contributed by atoms with Crippen LogP contribution in [-0.2, 0) is 11.3 Å². The molecule has 2 unspecified atom stereocenters. The van der Waals surface area contributed by atoms with E-state index in [-0.39, 0.29) is 12.1 Å². The normalized spacial score (nSPS) is 22.0. The molecule has 2 rings (SSSR count). The number of nitrogens with one attached hydrogen (secondary N) is 1. The molecule has 0 amide bonds. The Labute approximate surface area is 108 Å². The minimum Gasteiger partial charge on any atom is -0.376 e. The van der Waals surface area contributed by atoms with Crippen molar-refractivity contribution in [3.05, 3.63) is 5.82 Å². The SMILES string of the molecule is CCCNC(C)c1nnnn1CC1CCCCO1. The van der Waals surface area contributed by atoms with Crippen molar-refractivity contribution in [2.75, 3.05) is 13.2 Å². The van der Waals surface area contributed by atoms with Crippen molar-refractivity contribution >= 4 is 0 Å². The molecule has 1 N–H and O–H groups in total. The van der Waals surface area contributed by atoms with Crippen LogP contribution >= 0.6 is 0 Å². The van der Waals surface area contributed by atoms with Gasteiger partial charge in [-0.1, -0.05) is 6.92 Å². The fraction of sp³-hybridized carbons (Fsp3) is 0.917. The average Bonchev–Trinajstić information content (AvgIpc) is 2.85. The zero-order valence-corrected chi connectivity index (χ0v) is 11.3. The van der Waals surface area contributed by atoms with Gasteiger partial charge in [0.2, 0.25) is 0 Å². The number of tetrazole rings is 1. The van der Waals surface area contributed by atoms with Gasteiger partial charge >= 0.3 is 0 Å². The first-order valence-electron chi connectivity index (χ1n) is 6.92. The van der Waals surface area contributed by atoms with Crippen molar-refractivity contribution in [1.29, 1.82) is 0 Å². The van der Waals surface area contributed by atoms with Gasteiger partial charge in [0.25, 0.3) is 0 Å². The van der Waals surface area contributed by atoms with Crippen LogP contribution in [0.25, 0.3) is 0 Å². The van der Waals surface area contributed by atoms with Gasteiger partial charge in [-0.15, -0.1) is 5.10 Å². The maximum absolute atomic E-state index is 5.73. The minimum absolute atomic E-state index is 0.184. The van der Waals surface area contributed by atoms with Gasteiger partial charge in [0.05, 0.1) is 18.7 Å². The van der Waals surface area contributed by atoms with Gasteiger partial charge in [0.1, 0.15) is 0 Å². The summed E-state index contributed by atoms with van der Waals surface area (Å²) < 4.78 is 7.61. The molecule has 0 radical (unpaired) electrons. The second-order valence-electron chi connectivity index (χ2n) is 4.88. The van der Waals surface area contributed by atoms with E-state index in [0.717, 1.165) is 38.4 Å². The van der Waals surface area contributed by atoms with Crippen LogP contribution in [0.5, 0.6) is 0 Å². The molecule has 0 aliphatic carbocycles.